The Kier molecular flexibility index (Phi) is 5.32. The summed E-state index contributed by atoms with van der Waals surface area (Å²) in [7, 11) is 0. The van der Waals surface area contributed by atoms with E-state index in [4.69, 9.17) is 10.5 Å². The number of alkyl carbamates (subject to hydrolysis) is 1. The molecule has 1 rings (SSSR count). The van der Waals surface area contributed by atoms with E-state index in [-0.39, 0.29) is 12.5 Å². The van der Waals surface area contributed by atoms with Crippen molar-refractivity contribution in [3.8, 4) is 0 Å². The number of nitrogens with one attached hydrogen (secondary N) is 1. The minimum Gasteiger partial charge on any atom is -0.444 e. The van der Waals surface area contributed by atoms with Crippen LogP contribution in [0.4, 0.5) is 4.79 Å². The van der Waals surface area contributed by atoms with Crippen molar-refractivity contribution >= 4 is 12.0 Å². The van der Waals surface area contributed by atoms with Crippen LogP contribution in [0.15, 0.2) is 30.3 Å². The Morgan fingerprint density at radius 3 is 2.44 bits per heavy atom. The standard InChI is InChI=1S/C13H18N2O3/c1-9(2)11(14)12(16)15-13(17)18-8-10-6-4-3-5-7-10/h3-7,9,11H,8,14H2,1-2H3,(H,15,16,17)/t11-/m0/s1. The highest BCUT2D eigenvalue weighted by Gasteiger charge is 2.19. The predicted octanol–water partition coefficient (Wildman–Crippen LogP) is 1.42. The van der Waals surface area contributed by atoms with E-state index < -0.39 is 18.0 Å². The lowest BCUT2D eigenvalue weighted by Crippen LogP contribution is -2.46. The summed E-state index contributed by atoms with van der Waals surface area (Å²) in [5.41, 5.74) is 6.45. The highest BCUT2D eigenvalue weighted by Crippen LogP contribution is 2.01. The van der Waals surface area contributed by atoms with Crippen LogP contribution >= 0.6 is 0 Å². The highest BCUT2D eigenvalue weighted by molar-refractivity contribution is 5.94. The molecule has 0 bridgehead atoms. The zero-order valence-electron chi connectivity index (χ0n) is 10.6. The molecule has 0 aliphatic heterocycles. The van der Waals surface area contributed by atoms with E-state index in [1.807, 2.05) is 30.3 Å². The molecule has 18 heavy (non-hydrogen) atoms. The normalized spacial score (nSPS) is 12.0. The molecule has 0 heterocycles. The third-order valence-electron chi connectivity index (χ3n) is 2.46. The quantitative estimate of drug-likeness (QED) is 0.846. The third kappa shape index (κ3) is 4.55. The van der Waals surface area contributed by atoms with Crippen LogP contribution in [-0.4, -0.2) is 18.0 Å². The highest BCUT2D eigenvalue weighted by atomic mass is 16.5. The van der Waals surface area contributed by atoms with E-state index in [1.165, 1.54) is 0 Å². The maximum atomic E-state index is 11.5. The van der Waals surface area contributed by atoms with Gasteiger partial charge in [-0.15, -0.1) is 0 Å². The van der Waals surface area contributed by atoms with E-state index in [9.17, 15) is 9.59 Å². The van der Waals surface area contributed by atoms with Crippen molar-refractivity contribution in [2.45, 2.75) is 26.5 Å². The number of rotatable bonds is 4. The van der Waals surface area contributed by atoms with E-state index in [0.717, 1.165) is 5.56 Å². The van der Waals surface area contributed by atoms with Crippen molar-refractivity contribution in [1.82, 2.24) is 5.32 Å². The molecule has 0 radical (unpaired) electrons. The van der Waals surface area contributed by atoms with Crippen LogP contribution in [-0.2, 0) is 16.1 Å². The van der Waals surface area contributed by atoms with Gasteiger partial charge in [0, 0.05) is 0 Å². The first kappa shape index (κ1) is 14.2. The summed E-state index contributed by atoms with van der Waals surface area (Å²) in [5, 5.41) is 2.11. The van der Waals surface area contributed by atoms with Gasteiger partial charge in [-0.1, -0.05) is 44.2 Å². The molecular formula is C13H18N2O3. The van der Waals surface area contributed by atoms with Gasteiger partial charge in [-0.2, -0.15) is 0 Å². The van der Waals surface area contributed by atoms with Crippen molar-refractivity contribution in [3.63, 3.8) is 0 Å². The van der Waals surface area contributed by atoms with Crippen molar-refractivity contribution in [3.05, 3.63) is 35.9 Å². The second-order valence-electron chi connectivity index (χ2n) is 4.32. The minimum absolute atomic E-state index is 0.0353. The third-order valence-corrected chi connectivity index (χ3v) is 2.46. The van der Waals surface area contributed by atoms with Crippen LogP contribution in [0, 0.1) is 5.92 Å². The Hall–Kier alpha value is -1.88. The maximum absolute atomic E-state index is 11.5. The molecule has 0 aromatic heterocycles. The summed E-state index contributed by atoms with van der Waals surface area (Å²) < 4.78 is 4.90. The molecule has 0 spiro atoms. The van der Waals surface area contributed by atoms with Gasteiger partial charge in [-0.05, 0) is 11.5 Å². The van der Waals surface area contributed by atoms with Crippen molar-refractivity contribution in [2.75, 3.05) is 0 Å². The summed E-state index contributed by atoms with van der Waals surface area (Å²) in [4.78, 5) is 22.8. The molecule has 0 aliphatic carbocycles. The maximum Gasteiger partial charge on any atom is 0.414 e. The molecule has 98 valence electrons. The second kappa shape index (κ2) is 6.76. The summed E-state index contributed by atoms with van der Waals surface area (Å²) in [6.45, 7) is 3.73. The summed E-state index contributed by atoms with van der Waals surface area (Å²) >= 11 is 0. The first-order chi connectivity index (χ1) is 8.50. The predicted molar refractivity (Wildman–Crippen MR) is 67.6 cm³/mol. The monoisotopic (exact) mass is 250 g/mol. The van der Waals surface area contributed by atoms with Gasteiger partial charge in [0.1, 0.15) is 6.61 Å². The van der Waals surface area contributed by atoms with Crippen LogP contribution in [0.5, 0.6) is 0 Å². The number of nitrogens with two attached hydrogens (primary N) is 1. The zero-order valence-corrected chi connectivity index (χ0v) is 10.6. The van der Waals surface area contributed by atoms with Crippen LogP contribution in [0.3, 0.4) is 0 Å². The number of benzene rings is 1. The Morgan fingerprint density at radius 1 is 1.28 bits per heavy atom. The first-order valence-electron chi connectivity index (χ1n) is 5.78. The van der Waals surface area contributed by atoms with Gasteiger partial charge in [0.2, 0.25) is 5.91 Å². The number of carbonyl (C=O) groups is 2. The van der Waals surface area contributed by atoms with Gasteiger partial charge >= 0.3 is 6.09 Å². The van der Waals surface area contributed by atoms with Crippen LogP contribution in [0.25, 0.3) is 0 Å². The summed E-state index contributed by atoms with van der Waals surface area (Å²) in [5.74, 6) is -0.560. The number of imide groups is 1. The average Bonchev–Trinajstić information content (AvgIpc) is 2.36. The lowest BCUT2D eigenvalue weighted by atomic mass is 10.1. The number of carbonyl (C=O) groups excluding carboxylic acids is 2. The number of hydrogen-bond donors (Lipinski definition) is 2. The first-order valence-corrected chi connectivity index (χ1v) is 5.78. The van der Waals surface area contributed by atoms with Gasteiger partial charge in [0.25, 0.3) is 0 Å². The molecule has 1 aromatic carbocycles. The fourth-order valence-electron chi connectivity index (χ4n) is 1.25. The molecular weight excluding hydrogens is 232 g/mol. The smallest absolute Gasteiger partial charge is 0.414 e. The summed E-state index contributed by atoms with van der Waals surface area (Å²) in [6, 6.07) is 8.50. The number of hydrogen-bond acceptors (Lipinski definition) is 4. The van der Waals surface area contributed by atoms with Crippen molar-refractivity contribution < 1.29 is 14.3 Å². The molecule has 2 amide bonds. The van der Waals surface area contributed by atoms with Gasteiger partial charge < -0.3 is 10.5 Å². The summed E-state index contributed by atoms with van der Waals surface area (Å²) in [6.07, 6.45) is -0.778. The molecule has 0 unspecified atom stereocenters. The largest absolute Gasteiger partial charge is 0.444 e. The van der Waals surface area contributed by atoms with E-state index in [1.54, 1.807) is 13.8 Å². The Balaban J connectivity index is 2.36. The van der Waals surface area contributed by atoms with Gasteiger partial charge in [-0.3, -0.25) is 10.1 Å². The molecule has 1 atom stereocenters. The molecule has 5 nitrogen and oxygen atoms in total. The fraction of sp³-hybridized carbons (Fsp3) is 0.385. The Morgan fingerprint density at radius 2 is 1.89 bits per heavy atom. The van der Waals surface area contributed by atoms with E-state index in [2.05, 4.69) is 5.32 Å². The fourth-order valence-corrected chi connectivity index (χ4v) is 1.25. The molecule has 1 aromatic rings. The Bertz CT molecular complexity index is 404. The number of amides is 2. The molecule has 0 saturated carbocycles. The molecule has 0 fully saturated rings. The molecule has 3 N–H and O–H groups in total. The Labute approximate surface area is 106 Å². The van der Waals surface area contributed by atoms with E-state index in [0.29, 0.717) is 0 Å². The number of ether oxygens (including phenoxy) is 1. The zero-order chi connectivity index (χ0) is 13.5. The molecule has 5 heteroatoms. The average molecular weight is 250 g/mol. The van der Waals surface area contributed by atoms with Gasteiger partial charge in [-0.25, -0.2) is 4.79 Å². The SMILES string of the molecule is CC(C)[C@H](N)C(=O)NC(=O)OCc1ccccc1. The molecule has 0 aliphatic rings. The lowest BCUT2D eigenvalue weighted by molar-refractivity contribution is -0.122. The van der Waals surface area contributed by atoms with Crippen LogP contribution in [0.2, 0.25) is 0 Å². The minimum atomic E-state index is -0.778. The topological polar surface area (TPSA) is 81.4 Å². The second-order valence-corrected chi connectivity index (χ2v) is 4.32. The van der Waals surface area contributed by atoms with Gasteiger partial charge in [0.15, 0.2) is 0 Å². The molecule has 0 saturated heterocycles. The van der Waals surface area contributed by atoms with E-state index >= 15 is 0 Å². The van der Waals surface area contributed by atoms with Gasteiger partial charge in [0.05, 0.1) is 6.04 Å². The lowest BCUT2D eigenvalue weighted by Gasteiger charge is -2.14. The van der Waals surface area contributed by atoms with Crippen molar-refractivity contribution in [1.29, 1.82) is 0 Å². The van der Waals surface area contributed by atoms with Crippen LogP contribution < -0.4 is 11.1 Å². The van der Waals surface area contributed by atoms with Crippen molar-refractivity contribution in [2.24, 2.45) is 11.7 Å². The van der Waals surface area contributed by atoms with Crippen LogP contribution in [0.1, 0.15) is 19.4 Å².